The van der Waals surface area contributed by atoms with Crippen molar-refractivity contribution in [2.24, 2.45) is 0 Å². The number of likely N-dealkylation sites (N-methyl/N-ethyl adjacent to an activating group) is 1. The second-order valence-corrected chi connectivity index (χ2v) is 14.3. The van der Waals surface area contributed by atoms with Crippen LogP contribution < -0.4 is 5.32 Å². The molecule has 0 fully saturated rings. The molecule has 0 radical (unpaired) electrons. The monoisotopic (exact) mass is 631 g/mol. The Balaban J connectivity index is 4.64. The molecule has 0 rings (SSSR count). The lowest BCUT2D eigenvalue weighted by molar-refractivity contribution is -0.870. The molecule has 0 aliphatic carbocycles. The average Bonchev–Trinajstić information content (AvgIpc) is 2.94. The standard InChI is InChI=1S/C34H67N2O6P/c1-6-8-10-12-14-16-18-19-21-23-25-27-33(37)32(31-42-43(39,40)41-30-29-36(3,4)5)35-34(38)28-26-24-22-20-17-15-13-11-9-7-2/h11,13,25,27,32-33,37H,6-10,12,14-24,26,28-31H2,1-5H3,(H-,35,38,39,40)/p+1/b13-11-,27-25+. The summed E-state index contributed by atoms with van der Waals surface area (Å²) < 4.78 is 23.3. The van der Waals surface area contributed by atoms with Crippen molar-refractivity contribution < 1.29 is 32.9 Å². The summed E-state index contributed by atoms with van der Waals surface area (Å²) in [5.41, 5.74) is 0. The molecule has 0 aliphatic rings. The zero-order chi connectivity index (χ0) is 32.2. The van der Waals surface area contributed by atoms with E-state index in [1.807, 2.05) is 27.2 Å². The van der Waals surface area contributed by atoms with Gasteiger partial charge < -0.3 is 19.8 Å². The van der Waals surface area contributed by atoms with E-state index in [0.29, 0.717) is 17.4 Å². The van der Waals surface area contributed by atoms with E-state index in [9.17, 15) is 19.4 Å². The van der Waals surface area contributed by atoms with E-state index in [4.69, 9.17) is 9.05 Å². The number of aliphatic hydroxyl groups excluding tert-OH is 1. The second kappa shape index (κ2) is 27.3. The van der Waals surface area contributed by atoms with Gasteiger partial charge >= 0.3 is 7.82 Å². The Labute approximate surface area is 264 Å². The molecule has 43 heavy (non-hydrogen) atoms. The molecule has 0 aromatic rings. The topological polar surface area (TPSA) is 105 Å². The Morgan fingerprint density at radius 2 is 1.30 bits per heavy atom. The maximum Gasteiger partial charge on any atom is 0.472 e. The number of amides is 1. The number of quaternary nitrogens is 1. The number of allylic oxidation sites excluding steroid dienone is 3. The predicted molar refractivity (Wildman–Crippen MR) is 180 cm³/mol. The molecule has 8 nitrogen and oxygen atoms in total. The Morgan fingerprint density at radius 3 is 1.88 bits per heavy atom. The van der Waals surface area contributed by atoms with Crippen LogP contribution in [0.15, 0.2) is 24.3 Å². The number of nitrogens with zero attached hydrogens (tertiary/aromatic N) is 1. The van der Waals surface area contributed by atoms with Crippen molar-refractivity contribution in [2.75, 3.05) is 40.9 Å². The van der Waals surface area contributed by atoms with E-state index >= 15 is 0 Å². The zero-order valence-electron chi connectivity index (χ0n) is 28.4. The van der Waals surface area contributed by atoms with Gasteiger partial charge in [-0.1, -0.05) is 115 Å². The van der Waals surface area contributed by atoms with Gasteiger partial charge in [0.25, 0.3) is 0 Å². The minimum atomic E-state index is -4.32. The summed E-state index contributed by atoms with van der Waals surface area (Å²) in [6.07, 6.45) is 28.1. The quantitative estimate of drug-likeness (QED) is 0.0319. The molecule has 0 heterocycles. The third-order valence-electron chi connectivity index (χ3n) is 7.40. The van der Waals surface area contributed by atoms with Crippen LogP contribution in [0, 0.1) is 0 Å². The lowest BCUT2D eigenvalue weighted by Gasteiger charge is -2.25. The number of carbonyl (C=O) groups is 1. The van der Waals surface area contributed by atoms with Crippen LogP contribution in [0.2, 0.25) is 0 Å². The Kier molecular flexibility index (Phi) is 26.7. The summed E-state index contributed by atoms with van der Waals surface area (Å²) in [6, 6.07) is -0.843. The number of hydrogen-bond donors (Lipinski definition) is 3. The van der Waals surface area contributed by atoms with Gasteiger partial charge in [-0.3, -0.25) is 13.8 Å². The van der Waals surface area contributed by atoms with Crippen molar-refractivity contribution in [3.63, 3.8) is 0 Å². The normalized spacial score (nSPS) is 15.2. The molecule has 9 heteroatoms. The lowest BCUT2D eigenvalue weighted by atomic mass is 10.1. The molecule has 0 saturated heterocycles. The maximum absolute atomic E-state index is 12.7. The molecule has 1 amide bonds. The van der Waals surface area contributed by atoms with E-state index in [0.717, 1.165) is 57.8 Å². The van der Waals surface area contributed by atoms with Gasteiger partial charge in [-0.2, -0.15) is 0 Å². The van der Waals surface area contributed by atoms with Gasteiger partial charge in [0.05, 0.1) is 39.9 Å². The van der Waals surface area contributed by atoms with Crippen LogP contribution in [0.1, 0.15) is 136 Å². The second-order valence-electron chi connectivity index (χ2n) is 12.9. The first-order valence-electron chi connectivity index (χ1n) is 17.2. The largest absolute Gasteiger partial charge is 0.472 e. The third kappa shape index (κ3) is 29.5. The molecule has 0 aromatic carbocycles. The first kappa shape index (κ1) is 42.0. The minimum Gasteiger partial charge on any atom is -0.387 e. The fourth-order valence-corrected chi connectivity index (χ4v) is 5.31. The van der Waals surface area contributed by atoms with Crippen molar-refractivity contribution in [1.82, 2.24) is 5.32 Å². The van der Waals surface area contributed by atoms with E-state index in [2.05, 4.69) is 31.3 Å². The highest BCUT2D eigenvalue weighted by Gasteiger charge is 2.27. The molecule has 0 saturated carbocycles. The van der Waals surface area contributed by atoms with Gasteiger partial charge in [0.1, 0.15) is 13.2 Å². The molecule has 3 unspecified atom stereocenters. The maximum atomic E-state index is 12.7. The van der Waals surface area contributed by atoms with Gasteiger partial charge in [-0.25, -0.2) is 4.57 Å². The van der Waals surface area contributed by atoms with Gasteiger partial charge in [-0.05, 0) is 38.5 Å². The number of nitrogens with one attached hydrogen (secondary N) is 1. The number of hydrogen-bond acceptors (Lipinski definition) is 5. The molecule has 0 aliphatic heterocycles. The van der Waals surface area contributed by atoms with E-state index in [-0.39, 0.29) is 19.1 Å². The van der Waals surface area contributed by atoms with Crippen LogP contribution in [0.25, 0.3) is 0 Å². The molecule has 3 N–H and O–H groups in total. The summed E-state index contributed by atoms with van der Waals surface area (Å²) >= 11 is 0. The Hall–Kier alpha value is -1.02. The number of aliphatic hydroxyl groups is 1. The van der Waals surface area contributed by atoms with Crippen LogP contribution >= 0.6 is 7.82 Å². The lowest BCUT2D eigenvalue weighted by Crippen LogP contribution is -2.45. The van der Waals surface area contributed by atoms with Crippen molar-refractivity contribution in [1.29, 1.82) is 0 Å². The number of carbonyl (C=O) groups excluding carboxylic acids is 1. The molecule has 0 aromatic heterocycles. The number of phosphoric ester groups is 1. The summed E-state index contributed by atoms with van der Waals surface area (Å²) in [4.78, 5) is 22.8. The fraction of sp³-hybridized carbons (Fsp3) is 0.853. The molecule has 3 atom stereocenters. The fourth-order valence-electron chi connectivity index (χ4n) is 4.57. The van der Waals surface area contributed by atoms with E-state index in [1.54, 1.807) is 6.08 Å². The summed E-state index contributed by atoms with van der Waals surface area (Å²) in [7, 11) is 1.56. The third-order valence-corrected chi connectivity index (χ3v) is 8.38. The van der Waals surface area contributed by atoms with Crippen molar-refractivity contribution in [2.45, 2.75) is 148 Å². The summed E-state index contributed by atoms with van der Waals surface area (Å²) in [5.74, 6) is -0.193. The number of rotatable bonds is 30. The molecular weight excluding hydrogens is 563 g/mol. The molecule has 0 bridgehead atoms. The van der Waals surface area contributed by atoms with Crippen LogP contribution in [-0.4, -0.2) is 73.4 Å². The van der Waals surface area contributed by atoms with Gasteiger partial charge in [0.2, 0.25) is 5.91 Å². The summed E-state index contributed by atoms with van der Waals surface area (Å²) in [6.45, 7) is 4.69. The van der Waals surface area contributed by atoms with Gasteiger partial charge in [-0.15, -0.1) is 0 Å². The van der Waals surface area contributed by atoms with Crippen LogP contribution in [0.5, 0.6) is 0 Å². The van der Waals surface area contributed by atoms with E-state index < -0.39 is 20.0 Å². The van der Waals surface area contributed by atoms with Crippen LogP contribution in [0.4, 0.5) is 0 Å². The van der Waals surface area contributed by atoms with Crippen LogP contribution in [0.3, 0.4) is 0 Å². The zero-order valence-corrected chi connectivity index (χ0v) is 29.3. The molecule has 254 valence electrons. The highest BCUT2D eigenvalue weighted by molar-refractivity contribution is 7.47. The van der Waals surface area contributed by atoms with Crippen molar-refractivity contribution in [3.05, 3.63) is 24.3 Å². The van der Waals surface area contributed by atoms with Crippen LogP contribution in [-0.2, 0) is 18.4 Å². The first-order valence-corrected chi connectivity index (χ1v) is 18.7. The van der Waals surface area contributed by atoms with E-state index in [1.165, 1.54) is 57.8 Å². The highest BCUT2D eigenvalue weighted by Crippen LogP contribution is 2.43. The molecular formula is C34H68N2O6P+. The van der Waals surface area contributed by atoms with Crippen molar-refractivity contribution in [3.8, 4) is 0 Å². The highest BCUT2D eigenvalue weighted by atomic mass is 31.2. The SMILES string of the molecule is CCC/C=C\CCCCCCCC(=O)NC(COP(=O)(O)OCC[N+](C)(C)C)C(O)/C=C/CCCCCCCCCCC. The minimum absolute atomic E-state index is 0.0600. The van der Waals surface area contributed by atoms with Gasteiger partial charge in [0, 0.05) is 6.42 Å². The van der Waals surface area contributed by atoms with Gasteiger partial charge in [0.15, 0.2) is 0 Å². The smallest absolute Gasteiger partial charge is 0.387 e. The van der Waals surface area contributed by atoms with Crippen molar-refractivity contribution >= 4 is 13.7 Å². The number of phosphoric acid groups is 1. The Morgan fingerprint density at radius 1 is 0.767 bits per heavy atom. The Bertz CT molecular complexity index is 768. The predicted octanol–water partition coefficient (Wildman–Crippen LogP) is 8.24. The summed E-state index contributed by atoms with van der Waals surface area (Å²) in [5, 5.41) is 13.7. The molecule has 0 spiro atoms. The number of unbranched alkanes of at least 4 members (excludes halogenated alkanes) is 15. The average molecular weight is 632 g/mol. The first-order chi connectivity index (χ1) is 20.5.